The molecule has 0 atom stereocenters. The Bertz CT molecular complexity index is 31.5. The van der Waals surface area contributed by atoms with Gasteiger partial charge in [0.25, 0.3) is 0 Å². The average Bonchev–Trinajstić information content (AvgIpc) is 0.722. The summed E-state index contributed by atoms with van der Waals surface area (Å²) in [6.07, 6.45) is 0. The molecule has 0 aromatic heterocycles. The molecule has 0 spiro atoms. The molecule has 0 fully saturated rings. The van der Waals surface area contributed by atoms with Gasteiger partial charge in [-0.25, -0.2) is 0 Å². The van der Waals surface area contributed by atoms with Crippen molar-refractivity contribution in [1.82, 2.24) is 0 Å². The van der Waals surface area contributed by atoms with Gasteiger partial charge in [-0.15, -0.1) is 0 Å². The predicted molar refractivity (Wildman–Crippen MR) is 15.7 cm³/mol. The van der Waals surface area contributed by atoms with Gasteiger partial charge in [0.15, 0.2) is 0 Å². The maximum Gasteiger partial charge on any atom is 1.00 e. The molecular weight excluding hydrogens is 211 g/mol. The average molecular weight is 216 g/mol. The third kappa shape index (κ3) is 83.9. The standard InChI is InChI=1S/Mo.Na.H4O4Si.H/c;;1-5(2,3)4;/h;;1-4H;/q;+1;;-1. The summed E-state index contributed by atoms with van der Waals surface area (Å²) in [5.41, 5.74) is 0. The van der Waals surface area contributed by atoms with Gasteiger partial charge in [-0.2, -0.15) is 0 Å². The first kappa shape index (κ1) is 15.9. The van der Waals surface area contributed by atoms with Gasteiger partial charge < -0.3 is 20.6 Å². The first-order valence-corrected chi connectivity index (χ1v) is 2.68. The summed E-state index contributed by atoms with van der Waals surface area (Å²) in [4.78, 5) is 29.3. The molecular formula is H5MoNaO4Si. The monoisotopic (exact) mass is 218 g/mol. The van der Waals surface area contributed by atoms with Crippen LogP contribution >= 0.6 is 0 Å². The fourth-order valence-corrected chi connectivity index (χ4v) is 0. The molecule has 7 heavy (non-hydrogen) atoms. The van der Waals surface area contributed by atoms with E-state index in [4.69, 9.17) is 19.2 Å². The molecule has 0 rings (SSSR count). The van der Waals surface area contributed by atoms with Gasteiger partial charge in [-0.1, -0.05) is 0 Å². The summed E-state index contributed by atoms with van der Waals surface area (Å²) in [6.45, 7) is 0. The minimum Gasteiger partial charge on any atom is -1.00 e. The molecule has 0 bridgehead atoms. The van der Waals surface area contributed by atoms with Gasteiger partial charge in [-0.05, 0) is 0 Å². The van der Waals surface area contributed by atoms with Gasteiger partial charge in [0.1, 0.15) is 0 Å². The van der Waals surface area contributed by atoms with E-state index in [0.29, 0.717) is 0 Å². The number of rotatable bonds is 0. The van der Waals surface area contributed by atoms with Crippen molar-refractivity contribution < 1.29 is 71.2 Å². The summed E-state index contributed by atoms with van der Waals surface area (Å²) < 4.78 is 0. The topological polar surface area (TPSA) is 80.9 Å². The second kappa shape index (κ2) is 5.87. The summed E-state index contributed by atoms with van der Waals surface area (Å²) in [5.74, 6) is 0. The Labute approximate surface area is 79.7 Å². The van der Waals surface area contributed by atoms with Crippen molar-refractivity contribution in [2.75, 3.05) is 0 Å². The van der Waals surface area contributed by atoms with E-state index < -0.39 is 9.05 Å². The van der Waals surface area contributed by atoms with Gasteiger partial charge in [0, 0.05) is 21.1 Å². The Hall–Kier alpha value is 1.75. The van der Waals surface area contributed by atoms with Gasteiger partial charge in [0.2, 0.25) is 0 Å². The number of hydrogen-bond donors (Lipinski definition) is 4. The molecule has 0 radical (unpaired) electrons. The van der Waals surface area contributed by atoms with Crippen LogP contribution in [0.4, 0.5) is 0 Å². The zero-order valence-electron chi connectivity index (χ0n) is 4.70. The van der Waals surface area contributed by atoms with Crippen LogP contribution in [0.1, 0.15) is 1.43 Å². The SMILES string of the molecule is O[Si](O)(O)O.[H-].[Mo].[Na+]. The van der Waals surface area contributed by atoms with E-state index in [1.807, 2.05) is 0 Å². The summed E-state index contributed by atoms with van der Waals surface area (Å²) in [6, 6.07) is 0. The van der Waals surface area contributed by atoms with Crippen LogP contribution in [0.5, 0.6) is 0 Å². The van der Waals surface area contributed by atoms with E-state index in [-0.39, 0.29) is 52.0 Å². The molecule has 0 aromatic rings. The molecule has 0 saturated carbocycles. The van der Waals surface area contributed by atoms with Crippen LogP contribution in [0.25, 0.3) is 0 Å². The largest absolute Gasteiger partial charge is 1.00 e. The minimum atomic E-state index is -4.61. The second-order valence-corrected chi connectivity index (χ2v) is 1.80. The molecule has 0 aliphatic rings. The fourth-order valence-electron chi connectivity index (χ4n) is 0. The smallest absolute Gasteiger partial charge is 1.00 e. The minimum absolute atomic E-state index is 0. The van der Waals surface area contributed by atoms with Crippen LogP contribution in [-0.2, 0) is 21.1 Å². The predicted octanol–water partition coefficient (Wildman–Crippen LogP) is -5.49. The molecule has 7 heteroatoms. The maximum atomic E-state index is 7.33. The van der Waals surface area contributed by atoms with Crippen LogP contribution in [0.2, 0.25) is 0 Å². The van der Waals surface area contributed by atoms with E-state index in [9.17, 15) is 0 Å². The van der Waals surface area contributed by atoms with E-state index in [1.54, 1.807) is 0 Å². The molecule has 4 N–H and O–H groups in total. The molecule has 4 nitrogen and oxygen atoms in total. The third-order valence-electron chi connectivity index (χ3n) is 0. The van der Waals surface area contributed by atoms with E-state index in [2.05, 4.69) is 0 Å². The Morgan fingerprint density at radius 2 is 1.00 bits per heavy atom. The molecule has 0 saturated heterocycles. The first-order chi connectivity index (χ1) is 2.00. The van der Waals surface area contributed by atoms with E-state index in [0.717, 1.165) is 0 Å². The molecule has 40 valence electrons. The second-order valence-electron chi connectivity index (χ2n) is 0.600. The van der Waals surface area contributed by atoms with Crippen LogP contribution in [0, 0.1) is 0 Å². The Balaban J connectivity index is -0.0000000267. The van der Waals surface area contributed by atoms with Gasteiger partial charge in [-0.3, -0.25) is 0 Å². The van der Waals surface area contributed by atoms with E-state index in [1.165, 1.54) is 0 Å². The van der Waals surface area contributed by atoms with Crippen molar-refractivity contribution in [2.45, 2.75) is 0 Å². The molecule has 0 aliphatic heterocycles. The van der Waals surface area contributed by atoms with Crippen molar-refractivity contribution in [3.8, 4) is 0 Å². The quantitative estimate of drug-likeness (QED) is 0.304. The van der Waals surface area contributed by atoms with Crippen molar-refractivity contribution in [3.05, 3.63) is 0 Å². The van der Waals surface area contributed by atoms with Crippen LogP contribution in [0.3, 0.4) is 0 Å². The molecule has 0 amide bonds. The number of hydrogen-bond acceptors (Lipinski definition) is 4. The zero-order valence-corrected chi connectivity index (χ0v) is 8.70. The first-order valence-electron chi connectivity index (χ1n) is 0.894. The van der Waals surface area contributed by atoms with Crippen molar-refractivity contribution in [1.29, 1.82) is 0 Å². The molecule has 0 heterocycles. The maximum absolute atomic E-state index is 7.33. The fraction of sp³-hybridized carbons (Fsp3) is 0. The van der Waals surface area contributed by atoms with Crippen molar-refractivity contribution in [3.63, 3.8) is 0 Å². The normalized spacial score (nSPS) is 8.57. The van der Waals surface area contributed by atoms with Crippen LogP contribution in [0.15, 0.2) is 0 Å². The van der Waals surface area contributed by atoms with Gasteiger partial charge in [0.05, 0.1) is 0 Å². The summed E-state index contributed by atoms with van der Waals surface area (Å²) in [7, 11) is -4.61. The summed E-state index contributed by atoms with van der Waals surface area (Å²) in [5, 5.41) is 0. The van der Waals surface area contributed by atoms with Crippen molar-refractivity contribution >= 4 is 9.05 Å². The third-order valence-corrected chi connectivity index (χ3v) is 0. The Kier molecular flexibility index (Phi) is 13.3. The Morgan fingerprint density at radius 3 is 1.00 bits per heavy atom. The van der Waals surface area contributed by atoms with Crippen molar-refractivity contribution in [2.24, 2.45) is 0 Å². The van der Waals surface area contributed by atoms with E-state index >= 15 is 0 Å². The molecule has 0 aromatic carbocycles. The summed E-state index contributed by atoms with van der Waals surface area (Å²) >= 11 is 0. The van der Waals surface area contributed by atoms with Crippen LogP contribution in [-0.4, -0.2) is 28.2 Å². The van der Waals surface area contributed by atoms with Crippen LogP contribution < -0.4 is 29.6 Å². The molecule has 0 unspecified atom stereocenters. The van der Waals surface area contributed by atoms with Gasteiger partial charge >= 0.3 is 38.6 Å². The molecule has 0 aliphatic carbocycles. The Morgan fingerprint density at radius 1 is 1.00 bits per heavy atom. The zero-order chi connectivity index (χ0) is 4.50.